The fourth-order valence-electron chi connectivity index (χ4n) is 1.41. The monoisotopic (exact) mass is 291 g/mol. The van der Waals surface area contributed by atoms with Gasteiger partial charge in [0.2, 0.25) is 0 Å². The second-order valence-electron chi connectivity index (χ2n) is 5.44. The first kappa shape index (κ1) is 15.9. The number of hydrogen-bond acceptors (Lipinski definition) is 3. The summed E-state index contributed by atoms with van der Waals surface area (Å²) in [4.78, 5) is 0. The Morgan fingerprint density at radius 2 is 1.74 bits per heavy atom. The largest absolute Gasteiger partial charge is 0.382 e. The molecular formula is C13H19F2NO2S. The average Bonchev–Trinajstić information content (AvgIpc) is 2.23. The van der Waals surface area contributed by atoms with Gasteiger partial charge in [0.05, 0.1) is 16.2 Å². The topological polar surface area (TPSA) is 46.2 Å². The first-order valence-corrected chi connectivity index (χ1v) is 7.61. The molecule has 1 N–H and O–H groups in total. The molecule has 0 heterocycles. The van der Waals surface area contributed by atoms with Crippen molar-refractivity contribution in [3.8, 4) is 0 Å². The van der Waals surface area contributed by atoms with Crippen LogP contribution in [-0.4, -0.2) is 25.5 Å². The van der Waals surface area contributed by atoms with Crippen LogP contribution in [0.3, 0.4) is 0 Å². The molecule has 1 aromatic carbocycles. The van der Waals surface area contributed by atoms with Crippen molar-refractivity contribution in [3.63, 3.8) is 0 Å². The zero-order valence-corrected chi connectivity index (χ0v) is 12.4. The molecule has 0 fully saturated rings. The van der Waals surface area contributed by atoms with Crippen molar-refractivity contribution in [2.45, 2.75) is 32.4 Å². The molecular weight excluding hydrogens is 272 g/mol. The Labute approximate surface area is 112 Å². The number of nitrogens with one attached hydrogen (secondary N) is 1. The summed E-state index contributed by atoms with van der Waals surface area (Å²) in [6.45, 7) is 6.32. The molecule has 0 aromatic heterocycles. The lowest BCUT2D eigenvalue weighted by Crippen LogP contribution is -2.33. The molecule has 1 aromatic rings. The number of hydrogen-bond donors (Lipinski definition) is 1. The summed E-state index contributed by atoms with van der Waals surface area (Å²) in [6.07, 6.45) is 0. The fraction of sp³-hybridized carbons (Fsp3) is 0.538. The summed E-state index contributed by atoms with van der Waals surface area (Å²) in [6, 6.07) is 2.12. The third-order valence-corrected chi connectivity index (χ3v) is 5.48. The van der Waals surface area contributed by atoms with E-state index in [9.17, 15) is 17.2 Å². The first-order chi connectivity index (χ1) is 8.54. The summed E-state index contributed by atoms with van der Waals surface area (Å²) in [5.74, 6) is -1.25. The van der Waals surface area contributed by atoms with Crippen LogP contribution in [0.25, 0.3) is 0 Å². The Kier molecular flexibility index (Phi) is 4.55. The molecule has 0 aliphatic heterocycles. The van der Waals surface area contributed by atoms with E-state index in [1.807, 2.05) is 0 Å². The van der Waals surface area contributed by atoms with E-state index in [1.165, 1.54) is 6.92 Å². The smallest absolute Gasteiger partial charge is 0.156 e. The molecule has 0 aliphatic rings. The Hall–Kier alpha value is -1.17. The van der Waals surface area contributed by atoms with E-state index >= 15 is 0 Å². The van der Waals surface area contributed by atoms with Gasteiger partial charge < -0.3 is 5.32 Å². The molecule has 0 aliphatic carbocycles. The number of aryl methyl sites for hydroxylation is 1. The molecule has 108 valence electrons. The van der Waals surface area contributed by atoms with Gasteiger partial charge >= 0.3 is 0 Å². The molecule has 6 heteroatoms. The maximum atomic E-state index is 13.5. The van der Waals surface area contributed by atoms with Crippen LogP contribution in [0.2, 0.25) is 0 Å². The lowest BCUT2D eigenvalue weighted by molar-refractivity contribution is 0.560. The van der Waals surface area contributed by atoms with Crippen molar-refractivity contribution in [1.82, 2.24) is 0 Å². The van der Waals surface area contributed by atoms with Gasteiger partial charge in [-0.3, -0.25) is 0 Å². The van der Waals surface area contributed by atoms with Gasteiger partial charge in [-0.1, -0.05) is 0 Å². The van der Waals surface area contributed by atoms with Gasteiger partial charge in [-0.25, -0.2) is 17.2 Å². The van der Waals surface area contributed by atoms with Gasteiger partial charge in [-0.2, -0.15) is 0 Å². The minimum atomic E-state index is -3.28. The van der Waals surface area contributed by atoms with Crippen LogP contribution in [0, 0.1) is 18.6 Å². The van der Waals surface area contributed by atoms with Crippen LogP contribution in [0.15, 0.2) is 12.1 Å². The van der Waals surface area contributed by atoms with Crippen LogP contribution >= 0.6 is 0 Å². The normalized spacial score (nSPS) is 12.5. The Morgan fingerprint density at radius 1 is 1.16 bits per heavy atom. The molecule has 0 saturated carbocycles. The zero-order valence-electron chi connectivity index (χ0n) is 11.5. The van der Waals surface area contributed by atoms with E-state index in [0.717, 1.165) is 12.1 Å². The van der Waals surface area contributed by atoms with E-state index in [0.29, 0.717) is 0 Å². The van der Waals surface area contributed by atoms with Crippen molar-refractivity contribution in [2.24, 2.45) is 0 Å². The molecule has 0 spiro atoms. The Balaban J connectivity index is 2.72. The highest BCUT2D eigenvalue weighted by Gasteiger charge is 2.28. The zero-order chi connectivity index (χ0) is 14.8. The average molecular weight is 291 g/mol. The van der Waals surface area contributed by atoms with Crippen LogP contribution in [-0.2, 0) is 9.84 Å². The van der Waals surface area contributed by atoms with Gasteiger partial charge in [0.15, 0.2) is 9.84 Å². The summed E-state index contributed by atoms with van der Waals surface area (Å²) in [7, 11) is -3.28. The third-order valence-electron chi connectivity index (χ3n) is 2.87. The van der Waals surface area contributed by atoms with Crippen LogP contribution in [0.1, 0.15) is 26.3 Å². The third kappa shape index (κ3) is 3.89. The van der Waals surface area contributed by atoms with E-state index in [1.54, 1.807) is 20.8 Å². The molecule has 3 nitrogen and oxygen atoms in total. The van der Waals surface area contributed by atoms with Gasteiger partial charge in [-0.15, -0.1) is 0 Å². The van der Waals surface area contributed by atoms with Crippen LogP contribution < -0.4 is 5.32 Å². The molecule has 0 bridgehead atoms. The van der Waals surface area contributed by atoms with Gasteiger partial charge in [0, 0.05) is 12.6 Å². The lowest BCUT2D eigenvalue weighted by Gasteiger charge is -2.19. The minimum Gasteiger partial charge on any atom is -0.382 e. The number of halogens is 2. The predicted octanol–water partition coefficient (Wildman–Crippen LogP) is 2.90. The van der Waals surface area contributed by atoms with E-state index in [4.69, 9.17) is 0 Å². The standard InChI is InChI=1S/C13H19F2NO2S/c1-9-7-11(15)12(8-10(9)14)16-5-6-19(17,18)13(2,3)4/h7-8,16H,5-6H2,1-4H3. The molecule has 19 heavy (non-hydrogen) atoms. The molecule has 0 unspecified atom stereocenters. The highest BCUT2D eigenvalue weighted by atomic mass is 32.2. The highest BCUT2D eigenvalue weighted by Crippen LogP contribution is 2.20. The summed E-state index contributed by atoms with van der Waals surface area (Å²) in [5, 5.41) is 2.62. The summed E-state index contributed by atoms with van der Waals surface area (Å²) < 4.78 is 49.6. The summed E-state index contributed by atoms with van der Waals surface area (Å²) >= 11 is 0. The maximum Gasteiger partial charge on any atom is 0.156 e. The number of sulfone groups is 1. The van der Waals surface area contributed by atoms with Crippen molar-refractivity contribution >= 4 is 15.5 Å². The van der Waals surface area contributed by atoms with Gasteiger partial charge in [0.25, 0.3) is 0 Å². The van der Waals surface area contributed by atoms with Gasteiger partial charge in [0.1, 0.15) is 11.6 Å². The van der Waals surface area contributed by atoms with Crippen molar-refractivity contribution in [2.75, 3.05) is 17.6 Å². The first-order valence-electron chi connectivity index (χ1n) is 5.96. The minimum absolute atomic E-state index is 0.0211. The second-order valence-corrected chi connectivity index (χ2v) is 8.30. The van der Waals surface area contributed by atoms with E-state index in [2.05, 4.69) is 5.32 Å². The number of benzene rings is 1. The Morgan fingerprint density at radius 3 is 2.26 bits per heavy atom. The molecule has 0 radical (unpaired) electrons. The summed E-state index contributed by atoms with van der Waals surface area (Å²) in [5.41, 5.74) is 0.192. The van der Waals surface area contributed by atoms with Crippen molar-refractivity contribution in [3.05, 3.63) is 29.3 Å². The SMILES string of the molecule is Cc1cc(F)c(NCCS(=O)(=O)C(C)(C)C)cc1F. The predicted molar refractivity (Wildman–Crippen MR) is 73.1 cm³/mol. The van der Waals surface area contributed by atoms with E-state index < -0.39 is 26.2 Å². The maximum absolute atomic E-state index is 13.5. The molecule has 0 saturated heterocycles. The molecule has 1 rings (SSSR count). The fourth-order valence-corrected chi connectivity index (χ4v) is 2.39. The van der Waals surface area contributed by atoms with Crippen LogP contribution in [0.4, 0.5) is 14.5 Å². The van der Waals surface area contributed by atoms with E-state index in [-0.39, 0.29) is 23.5 Å². The highest BCUT2D eigenvalue weighted by molar-refractivity contribution is 7.92. The van der Waals surface area contributed by atoms with Gasteiger partial charge in [-0.05, 0) is 39.3 Å². The van der Waals surface area contributed by atoms with Crippen LogP contribution in [0.5, 0.6) is 0 Å². The lowest BCUT2D eigenvalue weighted by atomic mass is 10.2. The second kappa shape index (κ2) is 5.45. The number of anilines is 1. The van der Waals surface area contributed by atoms with Crippen molar-refractivity contribution < 1.29 is 17.2 Å². The molecule has 0 atom stereocenters. The van der Waals surface area contributed by atoms with Crippen molar-refractivity contribution in [1.29, 1.82) is 0 Å². The quantitative estimate of drug-likeness (QED) is 0.928. The molecule has 0 amide bonds. The number of rotatable bonds is 4. The Bertz CT molecular complexity index is 563.